The molecule has 7 nitrogen and oxygen atoms in total. The second kappa shape index (κ2) is 9.73. The summed E-state index contributed by atoms with van der Waals surface area (Å²) >= 11 is 2.49. The van der Waals surface area contributed by atoms with Crippen molar-refractivity contribution in [2.75, 3.05) is 17.6 Å². The molecule has 0 fully saturated rings. The van der Waals surface area contributed by atoms with Crippen LogP contribution in [0, 0.1) is 13.8 Å². The van der Waals surface area contributed by atoms with E-state index in [1.807, 2.05) is 37.4 Å². The van der Waals surface area contributed by atoms with Crippen molar-refractivity contribution in [1.82, 2.24) is 14.9 Å². The Balaban J connectivity index is 1.59. The molecule has 2 amide bonds. The number of carbonyl (C=O) groups is 2. The van der Waals surface area contributed by atoms with Gasteiger partial charge >= 0.3 is 0 Å². The van der Waals surface area contributed by atoms with Crippen molar-refractivity contribution in [3.05, 3.63) is 63.8 Å². The van der Waals surface area contributed by atoms with Gasteiger partial charge in [0.1, 0.15) is 4.70 Å². The van der Waals surface area contributed by atoms with Crippen LogP contribution in [0.15, 0.2) is 52.3 Å². The van der Waals surface area contributed by atoms with Crippen molar-refractivity contribution in [3.63, 3.8) is 0 Å². The molecule has 2 N–H and O–H groups in total. The van der Waals surface area contributed by atoms with E-state index < -0.39 is 0 Å². The summed E-state index contributed by atoms with van der Waals surface area (Å²) in [5.41, 5.74) is 3.26. The first-order valence-electron chi connectivity index (χ1n) is 9.25. The van der Waals surface area contributed by atoms with Crippen LogP contribution in [0.2, 0.25) is 0 Å². The number of aryl methyl sites for hydroxylation is 1. The number of aromatic nitrogens is 2. The SMILES string of the molecule is C=CCn1c(SCC(=O)NCC(=O)Nc2cccc(C)c2C)nc2ccsc2c1=O. The molecule has 0 aliphatic heterocycles. The molecule has 0 saturated carbocycles. The number of thioether (sulfide) groups is 1. The minimum Gasteiger partial charge on any atom is -0.346 e. The Morgan fingerprint density at radius 3 is 2.83 bits per heavy atom. The number of hydrogen-bond donors (Lipinski definition) is 2. The molecule has 156 valence electrons. The van der Waals surface area contributed by atoms with Crippen LogP contribution in [0.25, 0.3) is 10.2 Å². The Hall–Kier alpha value is -2.91. The van der Waals surface area contributed by atoms with E-state index in [1.54, 1.807) is 12.1 Å². The van der Waals surface area contributed by atoms with Crippen molar-refractivity contribution in [2.45, 2.75) is 25.5 Å². The molecule has 2 heterocycles. The molecule has 0 bridgehead atoms. The maximum Gasteiger partial charge on any atom is 0.272 e. The second-order valence-corrected chi connectivity index (χ2v) is 8.45. The molecule has 0 atom stereocenters. The molecule has 0 aliphatic carbocycles. The summed E-state index contributed by atoms with van der Waals surface area (Å²) in [6, 6.07) is 7.44. The number of carbonyl (C=O) groups excluding carboxylic acids is 2. The number of thiophene rings is 1. The van der Waals surface area contributed by atoms with Crippen molar-refractivity contribution >= 4 is 50.8 Å². The van der Waals surface area contributed by atoms with Gasteiger partial charge in [-0.15, -0.1) is 17.9 Å². The molecule has 1 aromatic carbocycles. The molecule has 3 rings (SSSR count). The van der Waals surface area contributed by atoms with Gasteiger partial charge in [-0.1, -0.05) is 30.0 Å². The van der Waals surface area contributed by atoms with E-state index in [2.05, 4.69) is 22.2 Å². The van der Waals surface area contributed by atoms with Crippen molar-refractivity contribution in [3.8, 4) is 0 Å². The van der Waals surface area contributed by atoms with Gasteiger partial charge in [0, 0.05) is 12.2 Å². The molecule has 0 saturated heterocycles. The highest BCUT2D eigenvalue weighted by molar-refractivity contribution is 7.99. The molecule has 0 unspecified atom stereocenters. The van der Waals surface area contributed by atoms with Crippen LogP contribution >= 0.6 is 23.1 Å². The lowest BCUT2D eigenvalue weighted by Crippen LogP contribution is -2.34. The maximum atomic E-state index is 12.6. The smallest absolute Gasteiger partial charge is 0.272 e. The van der Waals surface area contributed by atoms with E-state index >= 15 is 0 Å². The number of nitrogens with zero attached hydrogens (tertiary/aromatic N) is 2. The number of rotatable bonds is 8. The number of nitrogens with one attached hydrogen (secondary N) is 2. The summed E-state index contributed by atoms with van der Waals surface area (Å²) in [6.07, 6.45) is 1.62. The number of anilines is 1. The summed E-state index contributed by atoms with van der Waals surface area (Å²) < 4.78 is 2.07. The first-order valence-corrected chi connectivity index (χ1v) is 11.1. The van der Waals surface area contributed by atoms with Gasteiger partial charge in [-0.2, -0.15) is 0 Å². The average Bonchev–Trinajstić information content (AvgIpc) is 3.19. The summed E-state index contributed by atoms with van der Waals surface area (Å²) in [6.45, 7) is 7.75. The first kappa shape index (κ1) is 21.8. The van der Waals surface area contributed by atoms with Crippen LogP contribution in [0.4, 0.5) is 5.69 Å². The minimum absolute atomic E-state index is 0.0377. The van der Waals surface area contributed by atoms with Gasteiger partial charge in [0.15, 0.2) is 5.16 Å². The molecule has 0 spiro atoms. The van der Waals surface area contributed by atoms with Crippen LogP contribution < -0.4 is 16.2 Å². The quantitative estimate of drug-likeness (QED) is 0.318. The van der Waals surface area contributed by atoms with Crippen LogP contribution in [-0.2, 0) is 16.1 Å². The Morgan fingerprint density at radius 2 is 2.07 bits per heavy atom. The molecule has 3 aromatic rings. The summed E-state index contributed by atoms with van der Waals surface area (Å²) in [5, 5.41) is 7.66. The Labute approximate surface area is 182 Å². The lowest BCUT2D eigenvalue weighted by atomic mass is 10.1. The third kappa shape index (κ3) is 4.98. The standard InChI is InChI=1S/C21H22N4O3S2/c1-4-9-25-20(28)19-16(8-10-29-19)24-21(25)30-12-18(27)22-11-17(26)23-15-7-5-6-13(2)14(15)3/h4-8,10H,1,9,11-12H2,2-3H3,(H,22,27)(H,23,26). The van der Waals surface area contributed by atoms with Crippen molar-refractivity contribution in [1.29, 1.82) is 0 Å². The van der Waals surface area contributed by atoms with Gasteiger partial charge in [-0.3, -0.25) is 19.0 Å². The van der Waals surface area contributed by atoms with Crippen LogP contribution in [-0.4, -0.2) is 33.7 Å². The highest BCUT2D eigenvalue weighted by Gasteiger charge is 2.14. The fraction of sp³-hybridized carbons (Fsp3) is 0.238. The van der Waals surface area contributed by atoms with Gasteiger partial charge in [0.25, 0.3) is 5.56 Å². The monoisotopic (exact) mass is 442 g/mol. The number of benzene rings is 1. The first-order chi connectivity index (χ1) is 14.4. The molecule has 0 radical (unpaired) electrons. The zero-order chi connectivity index (χ0) is 21.7. The van der Waals surface area contributed by atoms with E-state index in [0.29, 0.717) is 21.9 Å². The molecule has 30 heavy (non-hydrogen) atoms. The Bertz CT molecular complexity index is 1170. The third-order valence-electron chi connectivity index (χ3n) is 4.50. The fourth-order valence-corrected chi connectivity index (χ4v) is 4.38. The topological polar surface area (TPSA) is 93.1 Å². The molecule has 9 heteroatoms. The predicted octanol–water partition coefficient (Wildman–Crippen LogP) is 3.11. The minimum atomic E-state index is -0.319. The largest absolute Gasteiger partial charge is 0.346 e. The van der Waals surface area contributed by atoms with Crippen molar-refractivity contribution in [2.24, 2.45) is 0 Å². The summed E-state index contributed by atoms with van der Waals surface area (Å²) in [4.78, 5) is 41.5. The van der Waals surface area contributed by atoms with E-state index in [-0.39, 0.29) is 29.7 Å². The van der Waals surface area contributed by atoms with Gasteiger partial charge in [-0.05, 0) is 42.5 Å². The lowest BCUT2D eigenvalue weighted by molar-refractivity contribution is -0.122. The Morgan fingerprint density at radius 1 is 1.27 bits per heavy atom. The van der Waals surface area contributed by atoms with E-state index in [4.69, 9.17) is 0 Å². The molecule has 2 aromatic heterocycles. The number of hydrogen-bond acceptors (Lipinski definition) is 6. The zero-order valence-electron chi connectivity index (χ0n) is 16.7. The second-order valence-electron chi connectivity index (χ2n) is 6.59. The highest BCUT2D eigenvalue weighted by Crippen LogP contribution is 2.21. The van der Waals surface area contributed by atoms with Crippen molar-refractivity contribution < 1.29 is 9.59 Å². The third-order valence-corrected chi connectivity index (χ3v) is 6.37. The Kier molecular flexibility index (Phi) is 7.07. The van der Waals surface area contributed by atoms with Crippen LogP contribution in [0.1, 0.15) is 11.1 Å². The van der Waals surface area contributed by atoms with Crippen LogP contribution in [0.5, 0.6) is 0 Å². The number of fused-ring (bicyclic) bond motifs is 1. The number of allylic oxidation sites excluding steroid dienone is 1. The number of amides is 2. The molecular formula is C21H22N4O3S2. The van der Waals surface area contributed by atoms with Gasteiger partial charge < -0.3 is 10.6 Å². The van der Waals surface area contributed by atoms with Gasteiger partial charge in [0.2, 0.25) is 11.8 Å². The fourth-order valence-electron chi connectivity index (χ4n) is 2.76. The van der Waals surface area contributed by atoms with E-state index in [9.17, 15) is 14.4 Å². The molecular weight excluding hydrogens is 420 g/mol. The van der Waals surface area contributed by atoms with Gasteiger partial charge in [-0.25, -0.2) is 4.98 Å². The molecule has 0 aliphatic rings. The predicted molar refractivity (Wildman–Crippen MR) is 122 cm³/mol. The highest BCUT2D eigenvalue weighted by atomic mass is 32.2. The van der Waals surface area contributed by atoms with Crippen LogP contribution in [0.3, 0.4) is 0 Å². The zero-order valence-corrected chi connectivity index (χ0v) is 18.4. The maximum absolute atomic E-state index is 12.6. The van der Waals surface area contributed by atoms with E-state index in [0.717, 1.165) is 28.6 Å². The van der Waals surface area contributed by atoms with Gasteiger partial charge in [0.05, 0.1) is 17.8 Å². The lowest BCUT2D eigenvalue weighted by Gasteiger charge is -2.11. The van der Waals surface area contributed by atoms with E-state index in [1.165, 1.54) is 15.9 Å². The summed E-state index contributed by atoms with van der Waals surface area (Å²) in [7, 11) is 0. The summed E-state index contributed by atoms with van der Waals surface area (Å²) in [5.74, 6) is -0.583. The normalized spacial score (nSPS) is 10.7. The average molecular weight is 443 g/mol.